The van der Waals surface area contributed by atoms with Crippen molar-refractivity contribution < 1.29 is 13.7 Å². The van der Waals surface area contributed by atoms with E-state index in [2.05, 4.69) is 69.6 Å². The fraction of sp³-hybridized carbons (Fsp3) is 0.720. The maximum absolute atomic E-state index is 6.81. The second-order valence-electron chi connectivity index (χ2n) is 12.1. The maximum Gasteiger partial charge on any atom is 0.242 e. The van der Waals surface area contributed by atoms with Crippen LogP contribution in [0.15, 0.2) is 23.4 Å². The zero-order valence-corrected chi connectivity index (χ0v) is 22.7. The van der Waals surface area contributed by atoms with E-state index in [9.17, 15) is 0 Å². The van der Waals surface area contributed by atoms with Crippen molar-refractivity contribution >= 4 is 22.3 Å². The van der Waals surface area contributed by atoms with Gasteiger partial charge < -0.3 is 13.7 Å². The van der Waals surface area contributed by atoms with Gasteiger partial charge in [0.1, 0.15) is 12.9 Å². The minimum absolute atomic E-state index is 0.0971. The highest BCUT2D eigenvalue weighted by molar-refractivity contribution is 6.70. The second kappa shape index (κ2) is 8.03. The number of fused-ring (bicyclic) bond motifs is 5. The lowest BCUT2D eigenvalue weighted by Gasteiger charge is -2.50. The Morgan fingerprint density at radius 1 is 1.03 bits per heavy atom. The van der Waals surface area contributed by atoms with Gasteiger partial charge in [0.15, 0.2) is 8.32 Å². The Morgan fingerprint density at radius 3 is 2.42 bits per heavy atom. The molecule has 0 heterocycles. The maximum atomic E-state index is 6.81. The van der Waals surface area contributed by atoms with E-state index in [-0.39, 0.29) is 11.5 Å². The van der Waals surface area contributed by atoms with Crippen LogP contribution in [0.2, 0.25) is 39.3 Å². The molecule has 3 aliphatic carbocycles. The van der Waals surface area contributed by atoms with Gasteiger partial charge in [0.05, 0.1) is 11.8 Å². The summed E-state index contributed by atoms with van der Waals surface area (Å²) in [7, 11) is -1.56. The van der Waals surface area contributed by atoms with Crippen LogP contribution in [0, 0.1) is 17.3 Å². The first kappa shape index (κ1) is 23.1. The molecule has 0 aromatic heterocycles. The molecule has 0 saturated heterocycles. The highest BCUT2D eigenvalue weighted by atomic mass is 28.4. The first-order valence-corrected chi connectivity index (χ1v) is 18.8. The van der Waals surface area contributed by atoms with E-state index in [0.29, 0.717) is 17.8 Å². The van der Waals surface area contributed by atoms with E-state index in [0.717, 1.165) is 18.6 Å². The topological polar surface area (TPSA) is 40.0 Å². The van der Waals surface area contributed by atoms with E-state index in [1.165, 1.54) is 30.5 Å². The molecule has 5 atom stereocenters. The Kier molecular flexibility index (Phi) is 5.97. The molecule has 0 spiro atoms. The Labute approximate surface area is 191 Å². The second-order valence-corrected chi connectivity index (χ2v) is 20.9. The van der Waals surface area contributed by atoms with Gasteiger partial charge in [-0.1, -0.05) is 18.1 Å². The van der Waals surface area contributed by atoms with Crippen LogP contribution in [0.4, 0.5) is 0 Å². The van der Waals surface area contributed by atoms with Crippen LogP contribution >= 0.6 is 0 Å². The van der Waals surface area contributed by atoms with Gasteiger partial charge in [0.25, 0.3) is 0 Å². The summed E-state index contributed by atoms with van der Waals surface area (Å²) >= 11 is 0. The Balaban J connectivity index is 1.66. The summed E-state index contributed by atoms with van der Waals surface area (Å²) in [6.07, 6.45) is 5.97. The summed E-state index contributed by atoms with van der Waals surface area (Å²) in [6, 6.07) is 6.92. The zero-order chi connectivity index (χ0) is 22.6. The number of hydrogen-bond donors (Lipinski definition) is 0. The molecule has 0 aliphatic heterocycles. The number of nitrogens with zero attached hydrogens (tertiary/aromatic N) is 1. The van der Waals surface area contributed by atoms with Crippen molar-refractivity contribution in [2.45, 2.75) is 90.3 Å². The molecule has 4 rings (SSSR count). The third-order valence-corrected chi connectivity index (χ3v) is 9.39. The fourth-order valence-electron chi connectivity index (χ4n) is 6.62. The molecule has 2 fully saturated rings. The van der Waals surface area contributed by atoms with E-state index in [1.54, 1.807) is 12.7 Å². The number of benzene rings is 1. The standard InChI is InChI=1S/C25H41NO3Si2/c1-25-14-13-20-19-12-10-18(28-30(3,4)5)15-17(19)9-11-21(20)24(25)22(29-31(6,7)8)16-23(25)26-27-2/h10,12,15,20-22,24H,9,11,13-14,16H2,1-8H3/b26-23+. The van der Waals surface area contributed by atoms with Gasteiger partial charge in [0, 0.05) is 11.8 Å². The molecule has 0 amide bonds. The number of oxime groups is 1. The molecule has 1 aromatic carbocycles. The van der Waals surface area contributed by atoms with Gasteiger partial charge in [-0.25, -0.2) is 0 Å². The van der Waals surface area contributed by atoms with E-state index in [4.69, 9.17) is 13.7 Å². The SMILES string of the molecule is CO/N=C1\CC(O[Si](C)(C)C)C2C3CCc4cc(O[Si](C)(C)C)ccc4C3CCC12C. The van der Waals surface area contributed by atoms with Gasteiger partial charge in [0.2, 0.25) is 8.32 Å². The first-order chi connectivity index (χ1) is 14.4. The van der Waals surface area contributed by atoms with Gasteiger partial charge in [-0.15, -0.1) is 0 Å². The number of aryl methyl sites for hydroxylation is 1. The molecule has 1 aromatic rings. The van der Waals surface area contributed by atoms with Crippen LogP contribution < -0.4 is 4.43 Å². The molecule has 0 N–H and O–H groups in total. The monoisotopic (exact) mass is 459 g/mol. The molecule has 6 heteroatoms. The predicted molar refractivity (Wildman–Crippen MR) is 133 cm³/mol. The number of hydrogen-bond acceptors (Lipinski definition) is 4. The van der Waals surface area contributed by atoms with Crippen molar-refractivity contribution in [3.05, 3.63) is 29.3 Å². The molecule has 0 bridgehead atoms. The highest BCUT2D eigenvalue weighted by Crippen LogP contribution is 2.61. The summed E-state index contributed by atoms with van der Waals surface area (Å²) in [5.74, 6) is 2.86. The third kappa shape index (κ3) is 4.53. The average molecular weight is 460 g/mol. The summed E-state index contributed by atoms with van der Waals surface area (Å²) in [6.45, 7) is 16.1. The lowest BCUT2D eigenvalue weighted by molar-refractivity contribution is 0.0110. The molecule has 172 valence electrons. The molecule has 3 aliphatic rings. The van der Waals surface area contributed by atoms with E-state index in [1.807, 2.05) is 0 Å². The molecular formula is C25H41NO3Si2. The molecule has 5 unspecified atom stereocenters. The molecule has 2 saturated carbocycles. The van der Waals surface area contributed by atoms with Crippen molar-refractivity contribution in [1.82, 2.24) is 0 Å². The Hall–Kier alpha value is -1.12. The van der Waals surface area contributed by atoms with Gasteiger partial charge in [-0.2, -0.15) is 0 Å². The summed E-state index contributed by atoms with van der Waals surface area (Å²) < 4.78 is 13.1. The molecule has 0 radical (unpaired) electrons. The van der Waals surface area contributed by atoms with Crippen LogP contribution in [0.5, 0.6) is 5.75 Å². The summed E-state index contributed by atoms with van der Waals surface area (Å²) in [5.41, 5.74) is 4.39. The minimum Gasteiger partial charge on any atom is -0.544 e. The summed E-state index contributed by atoms with van der Waals surface area (Å²) in [5, 5.41) is 4.53. The van der Waals surface area contributed by atoms with Crippen LogP contribution in [0.25, 0.3) is 0 Å². The van der Waals surface area contributed by atoms with E-state index >= 15 is 0 Å². The van der Waals surface area contributed by atoms with Gasteiger partial charge in [-0.3, -0.25) is 0 Å². The lowest BCUT2D eigenvalue weighted by Crippen LogP contribution is -2.47. The highest BCUT2D eigenvalue weighted by Gasteiger charge is 2.59. The predicted octanol–water partition coefficient (Wildman–Crippen LogP) is 6.59. The van der Waals surface area contributed by atoms with E-state index < -0.39 is 16.6 Å². The van der Waals surface area contributed by atoms with Crippen molar-refractivity contribution in [1.29, 1.82) is 0 Å². The van der Waals surface area contributed by atoms with Crippen molar-refractivity contribution in [2.75, 3.05) is 7.11 Å². The smallest absolute Gasteiger partial charge is 0.242 e. The largest absolute Gasteiger partial charge is 0.544 e. The Bertz CT molecular complexity index is 857. The minimum atomic E-state index is -1.65. The van der Waals surface area contributed by atoms with Crippen molar-refractivity contribution in [3.8, 4) is 5.75 Å². The normalized spacial score (nSPS) is 34.1. The fourth-order valence-corrected chi connectivity index (χ4v) is 8.59. The molecule has 4 nitrogen and oxygen atoms in total. The molecular weight excluding hydrogens is 418 g/mol. The van der Waals surface area contributed by atoms with Gasteiger partial charge in [-0.05, 0) is 106 Å². The van der Waals surface area contributed by atoms with Crippen molar-refractivity contribution in [2.24, 2.45) is 22.4 Å². The molecule has 31 heavy (non-hydrogen) atoms. The van der Waals surface area contributed by atoms with Crippen LogP contribution in [-0.2, 0) is 15.7 Å². The van der Waals surface area contributed by atoms with Crippen LogP contribution in [-0.4, -0.2) is 35.6 Å². The Morgan fingerprint density at radius 2 is 1.77 bits per heavy atom. The number of rotatable bonds is 5. The van der Waals surface area contributed by atoms with Crippen molar-refractivity contribution in [3.63, 3.8) is 0 Å². The first-order valence-electron chi connectivity index (χ1n) is 12.0. The van der Waals surface area contributed by atoms with Crippen LogP contribution in [0.3, 0.4) is 0 Å². The van der Waals surface area contributed by atoms with Crippen LogP contribution in [0.1, 0.15) is 49.7 Å². The van der Waals surface area contributed by atoms with Gasteiger partial charge >= 0.3 is 0 Å². The zero-order valence-electron chi connectivity index (χ0n) is 20.7. The quantitative estimate of drug-likeness (QED) is 0.368. The third-order valence-electron chi connectivity index (χ3n) is 7.53. The summed E-state index contributed by atoms with van der Waals surface area (Å²) in [4.78, 5) is 5.30. The lowest BCUT2D eigenvalue weighted by atomic mass is 9.55. The average Bonchev–Trinajstić information content (AvgIpc) is 2.90.